The highest BCUT2D eigenvalue weighted by atomic mass is 32.2. The van der Waals surface area contributed by atoms with Crippen molar-refractivity contribution in [3.05, 3.63) is 83.0 Å². The molecule has 9 nitrogen and oxygen atoms in total. The molecule has 0 N–H and O–H groups in total. The molecule has 0 radical (unpaired) electrons. The zero-order chi connectivity index (χ0) is 28.8. The summed E-state index contributed by atoms with van der Waals surface area (Å²) in [5, 5.41) is 9.20. The highest BCUT2D eigenvalue weighted by molar-refractivity contribution is 8.00. The molecule has 3 aromatic rings. The van der Waals surface area contributed by atoms with E-state index in [1.807, 2.05) is 0 Å². The Bertz CT molecular complexity index is 1500. The number of ketones is 1. The molecule has 1 aliphatic rings. The Morgan fingerprint density at radius 1 is 1.10 bits per heavy atom. The lowest BCUT2D eigenvalue weighted by Crippen LogP contribution is -2.31. The number of nitriles is 1. The van der Waals surface area contributed by atoms with Crippen LogP contribution in [0, 0.1) is 17.2 Å². The fourth-order valence-electron chi connectivity index (χ4n) is 4.13. The Labute approximate surface area is 236 Å². The molecule has 1 aliphatic heterocycles. The largest absolute Gasteiger partial charge is 0.497 e. The van der Waals surface area contributed by atoms with Gasteiger partial charge in [-0.2, -0.15) is 5.26 Å². The maximum Gasteiger partial charge on any atom is 0.338 e. The van der Waals surface area contributed by atoms with Crippen LogP contribution in [-0.2, 0) is 20.7 Å². The van der Waals surface area contributed by atoms with Crippen molar-refractivity contribution in [2.75, 3.05) is 18.6 Å². The molecular formula is C30H27N3O6S. The van der Waals surface area contributed by atoms with Gasteiger partial charge in [0.1, 0.15) is 16.8 Å². The van der Waals surface area contributed by atoms with Crippen molar-refractivity contribution in [3.8, 4) is 11.8 Å². The fourth-order valence-corrected chi connectivity index (χ4v) is 5.24. The normalized spacial score (nSPS) is 14.8. The van der Waals surface area contributed by atoms with E-state index < -0.39 is 29.6 Å². The third-order valence-electron chi connectivity index (χ3n) is 6.10. The Morgan fingerprint density at radius 2 is 1.85 bits per heavy atom. The van der Waals surface area contributed by atoms with Crippen LogP contribution < -0.4 is 9.64 Å². The predicted octanol–water partition coefficient (Wildman–Crippen LogP) is 4.62. The number of hydrogen-bond donors (Lipinski definition) is 0. The Hall–Kier alpha value is -4.49. The molecule has 1 aromatic heterocycles. The average molecular weight is 558 g/mol. The average Bonchev–Trinajstić information content (AvgIpc) is 3.23. The monoisotopic (exact) mass is 557 g/mol. The first-order chi connectivity index (χ1) is 19.2. The summed E-state index contributed by atoms with van der Waals surface area (Å²) in [7, 11) is 1.49. The lowest BCUT2D eigenvalue weighted by atomic mass is 10.1. The first-order valence-corrected chi connectivity index (χ1v) is 13.5. The molecule has 0 aliphatic carbocycles. The number of anilines is 1. The summed E-state index contributed by atoms with van der Waals surface area (Å²) in [6.45, 7) is 3.68. The second-order valence-corrected chi connectivity index (χ2v) is 10.7. The second kappa shape index (κ2) is 12.6. The summed E-state index contributed by atoms with van der Waals surface area (Å²) < 4.78 is 10.3. The summed E-state index contributed by atoms with van der Waals surface area (Å²) in [6, 6.07) is 17.9. The second-order valence-electron chi connectivity index (χ2n) is 9.52. The third kappa shape index (κ3) is 6.55. The van der Waals surface area contributed by atoms with E-state index in [2.05, 4.69) is 24.9 Å². The summed E-state index contributed by atoms with van der Waals surface area (Å²) in [5.74, 6) is -1.03. The van der Waals surface area contributed by atoms with E-state index in [-0.39, 0.29) is 17.8 Å². The molecule has 4 rings (SSSR count). The number of amides is 2. The van der Waals surface area contributed by atoms with Gasteiger partial charge in [-0.05, 0) is 60.9 Å². The minimum atomic E-state index is -0.728. The number of imide groups is 1. The van der Waals surface area contributed by atoms with Gasteiger partial charge in [0.05, 0.1) is 29.2 Å². The first kappa shape index (κ1) is 28.5. The fraction of sp³-hybridized carbons (Fsp3) is 0.267. The molecule has 1 atom stereocenters. The number of pyridine rings is 1. The van der Waals surface area contributed by atoms with Crippen molar-refractivity contribution in [1.82, 2.24) is 4.98 Å². The number of ether oxygens (including phenoxy) is 2. The van der Waals surface area contributed by atoms with Gasteiger partial charge in [0, 0.05) is 17.7 Å². The van der Waals surface area contributed by atoms with E-state index >= 15 is 0 Å². The van der Waals surface area contributed by atoms with Gasteiger partial charge in [0.25, 0.3) is 0 Å². The summed E-state index contributed by atoms with van der Waals surface area (Å²) >= 11 is 1.11. The predicted molar refractivity (Wildman–Crippen MR) is 148 cm³/mol. The van der Waals surface area contributed by atoms with E-state index in [0.717, 1.165) is 28.8 Å². The number of methoxy groups -OCH3 is 1. The number of carbonyl (C=O) groups excluding carboxylic acids is 4. The van der Waals surface area contributed by atoms with Crippen molar-refractivity contribution in [2.24, 2.45) is 5.92 Å². The Balaban J connectivity index is 1.41. The van der Waals surface area contributed by atoms with Crippen LogP contribution in [0.15, 0.2) is 65.7 Å². The molecule has 1 fully saturated rings. The topological polar surface area (TPSA) is 127 Å². The summed E-state index contributed by atoms with van der Waals surface area (Å²) in [4.78, 5) is 56.5. The first-order valence-electron chi connectivity index (χ1n) is 12.6. The molecule has 204 valence electrons. The molecule has 2 amide bonds. The van der Waals surface area contributed by atoms with Gasteiger partial charge >= 0.3 is 5.97 Å². The van der Waals surface area contributed by atoms with Gasteiger partial charge in [0.2, 0.25) is 11.8 Å². The molecule has 0 spiro atoms. The van der Waals surface area contributed by atoms with Crippen LogP contribution in [0.25, 0.3) is 0 Å². The summed E-state index contributed by atoms with van der Waals surface area (Å²) in [6.07, 6.45) is 0.688. The van der Waals surface area contributed by atoms with Gasteiger partial charge < -0.3 is 9.47 Å². The van der Waals surface area contributed by atoms with Crippen LogP contribution in [0.5, 0.6) is 5.75 Å². The third-order valence-corrected chi connectivity index (χ3v) is 7.29. The minimum Gasteiger partial charge on any atom is -0.497 e. The molecule has 2 heterocycles. The number of Topliss-reactive ketones (excluding diaryl/α,β-unsaturated/α-hetero) is 1. The minimum absolute atomic E-state index is 0.0410. The number of rotatable bonds is 10. The molecule has 1 saturated heterocycles. The van der Waals surface area contributed by atoms with E-state index in [4.69, 9.17) is 9.47 Å². The SMILES string of the molecule is COc1cccc(C(=O)COC(=O)c2ccc(N3C(=O)CC(Sc4nc(CC(C)C)ccc4C#N)C3=O)cc2)c1. The van der Waals surface area contributed by atoms with Crippen LogP contribution in [-0.4, -0.2) is 47.5 Å². The zero-order valence-corrected chi connectivity index (χ0v) is 23.1. The summed E-state index contributed by atoms with van der Waals surface area (Å²) in [5.41, 5.74) is 1.99. The van der Waals surface area contributed by atoms with Crippen LogP contribution in [0.1, 0.15) is 52.2 Å². The maximum absolute atomic E-state index is 13.2. The number of hydrogen-bond acceptors (Lipinski definition) is 9. The van der Waals surface area contributed by atoms with Gasteiger partial charge in [-0.25, -0.2) is 14.7 Å². The van der Waals surface area contributed by atoms with Crippen molar-refractivity contribution >= 4 is 41.0 Å². The molecule has 2 aromatic carbocycles. The Kier molecular flexibility index (Phi) is 8.97. The number of carbonyl (C=O) groups is 4. The lowest BCUT2D eigenvalue weighted by molar-refractivity contribution is -0.121. The lowest BCUT2D eigenvalue weighted by Gasteiger charge is -2.15. The number of esters is 1. The van der Waals surface area contributed by atoms with E-state index in [9.17, 15) is 24.4 Å². The molecule has 40 heavy (non-hydrogen) atoms. The molecular weight excluding hydrogens is 530 g/mol. The van der Waals surface area contributed by atoms with Crippen LogP contribution in [0.2, 0.25) is 0 Å². The van der Waals surface area contributed by atoms with Crippen molar-refractivity contribution in [3.63, 3.8) is 0 Å². The quantitative estimate of drug-likeness (QED) is 0.199. The van der Waals surface area contributed by atoms with Crippen LogP contribution in [0.3, 0.4) is 0 Å². The molecule has 10 heteroatoms. The highest BCUT2D eigenvalue weighted by Crippen LogP contribution is 2.35. The van der Waals surface area contributed by atoms with Gasteiger partial charge in [0.15, 0.2) is 12.4 Å². The van der Waals surface area contributed by atoms with Crippen molar-refractivity contribution < 1.29 is 28.7 Å². The Morgan fingerprint density at radius 3 is 2.52 bits per heavy atom. The maximum atomic E-state index is 13.2. The number of benzene rings is 2. The number of thioether (sulfide) groups is 1. The van der Waals surface area contributed by atoms with Gasteiger partial charge in [-0.3, -0.25) is 14.4 Å². The van der Waals surface area contributed by atoms with E-state index in [0.29, 0.717) is 33.5 Å². The standard InChI is InChI=1S/C30H27N3O6S/c1-18(2)13-22-10-7-21(16-31)28(32-22)40-26-15-27(35)33(29(26)36)23-11-8-19(9-12-23)30(37)39-17-25(34)20-5-4-6-24(14-20)38-3/h4-12,14,18,26H,13,15,17H2,1-3H3. The van der Waals surface area contributed by atoms with Crippen LogP contribution in [0.4, 0.5) is 5.69 Å². The molecule has 1 unspecified atom stereocenters. The van der Waals surface area contributed by atoms with E-state index in [1.54, 1.807) is 36.4 Å². The van der Waals surface area contributed by atoms with Gasteiger partial charge in [-0.1, -0.05) is 37.7 Å². The van der Waals surface area contributed by atoms with Crippen molar-refractivity contribution in [1.29, 1.82) is 5.26 Å². The van der Waals surface area contributed by atoms with Gasteiger partial charge in [-0.15, -0.1) is 0 Å². The highest BCUT2D eigenvalue weighted by Gasteiger charge is 2.40. The molecule has 0 saturated carbocycles. The van der Waals surface area contributed by atoms with Crippen molar-refractivity contribution in [2.45, 2.75) is 37.0 Å². The van der Waals surface area contributed by atoms with E-state index in [1.165, 1.54) is 31.4 Å². The molecule has 0 bridgehead atoms. The number of aromatic nitrogens is 1. The smallest absolute Gasteiger partial charge is 0.338 e. The zero-order valence-electron chi connectivity index (χ0n) is 22.2. The van der Waals surface area contributed by atoms with Crippen LogP contribution >= 0.6 is 11.8 Å². The number of nitrogens with zero attached hydrogens (tertiary/aromatic N) is 3.